The fourth-order valence-electron chi connectivity index (χ4n) is 2.93. The highest BCUT2D eigenvalue weighted by Crippen LogP contribution is 2.23. The second kappa shape index (κ2) is 8.15. The summed E-state index contributed by atoms with van der Waals surface area (Å²) in [6.07, 6.45) is 1.60. The van der Waals surface area contributed by atoms with Crippen LogP contribution in [0.5, 0.6) is 0 Å². The summed E-state index contributed by atoms with van der Waals surface area (Å²) >= 11 is 5.89. The zero-order valence-corrected chi connectivity index (χ0v) is 14.4. The molecule has 2 unspecified atom stereocenters. The third kappa shape index (κ3) is 4.96. The number of piperidine rings is 1. The Labute approximate surface area is 146 Å². The number of halogens is 1. The average Bonchev–Trinajstić information content (AvgIpc) is 2.54. The van der Waals surface area contributed by atoms with Gasteiger partial charge in [0.15, 0.2) is 0 Å². The maximum atomic E-state index is 12.6. The summed E-state index contributed by atoms with van der Waals surface area (Å²) in [4.78, 5) is 37.1. The fourth-order valence-corrected chi connectivity index (χ4v) is 3.06. The molecule has 0 aliphatic carbocycles. The Morgan fingerprint density at radius 3 is 2.58 bits per heavy atom. The van der Waals surface area contributed by atoms with E-state index < -0.39 is 6.04 Å². The van der Waals surface area contributed by atoms with Gasteiger partial charge in [-0.2, -0.15) is 0 Å². The van der Waals surface area contributed by atoms with Crippen molar-refractivity contribution >= 4 is 29.3 Å². The van der Waals surface area contributed by atoms with Gasteiger partial charge in [-0.05, 0) is 30.5 Å². The van der Waals surface area contributed by atoms with Crippen LogP contribution in [0.25, 0.3) is 0 Å². The summed E-state index contributed by atoms with van der Waals surface area (Å²) in [5.41, 5.74) is 6.17. The molecule has 1 aromatic carbocycles. The van der Waals surface area contributed by atoms with Crippen molar-refractivity contribution in [2.75, 3.05) is 13.1 Å². The minimum absolute atomic E-state index is 0.102. The maximum Gasteiger partial charge on any atom is 0.225 e. The van der Waals surface area contributed by atoms with Crippen molar-refractivity contribution in [1.82, 2.24) is 10.2 Å². The monoisotopic (exact) mass is 351 g/mol. The van der Waals surface area contributed by atoms with Crippen molar-refractivity contribution in [2.24, 2.45) is 11.7 Å². The summed E-state index contributed by atoms with van der Waals surface area (Å²) in [5.74, 6) is -0.980. The molecule has 130 valence electrons. The number of nitrogens with one attached hydrogen (secondary N) is 1. The maximum absolute atomic E-state index is 12.6. The van der Waals surface area contributed by atoms with Crippen LogP contribution >= 0.6 is 11.6 Å². The summed E-state index contributed by atoms with van der Waals surface area (Å²) in [5, 5.41) is 3.39. The Morgan fingerprint density at radius 1 is 1.33 bits per heavy atom. The molecular weight excluding hydrogens is 330 g/mol. The molecule has 3 N–H and O–H groups in total. The van der Waals surface area contributed by atoms with Gasteiger partial charge >= 0.3 is 0 Å². The van der Waals surface area contributed by atoms with E-state index in [9.17, 15) is 14.4 Å². The molecule has 2 atom stereocenters. The van der Waals surface area contributed by atoms with Gasteiger partial charge in [-0.15, -0.1) is 0 Å². The van der Waals surface area contributed by atoms with Crippen molar-refractivity contribution in [3.05, 3.63) is 34.9 Å². The number of hydrogen-bond donors (Lipinski definition) is 2. The first kappa shape index (κ1) is 18.3. The van der Waals surface area contributed by atoms with Crippen molar-refractivity contribution in [3.8, 4) is 0 Å². The number of nitrogens with two attached hydrogens (primary N) is 1. The molecule has 0 saturated carbocycles. The molecular formula is C17H22ClN3O3. The Kier molecular flexibility index (Phi) is 6.20. The standard InChI is InChI=1S/C17H22ClN3O3/c1-11(22)20-15(12-4-6-14(18)7-5-12)9-16(23)21-8-2-3-13(10-21)17(19)24/h4-7,13,15H,2-3,8-10H2,1H3,(H2,19,24)(H,20,22). The lowest BCUT2D eigenvalue weighted by atomic mass is 9.96. The average molecular weight is 352 g/mol. The molecule has 0 aromatic heterocycles. The highest BCUT2D eigenvalue weighted by molar-refractivity contribution is 6.30. The van der Waals surface area contributed by atoms with Crippen LogP contribution in [0.1, 0.15) is 37.8 Å². The Bertz CT molecular complexity index is 618. The first-order valence-electron chi connectivity index (χ1n) is 7.96. The topological polar surface area (TPSA) is 92.5 Å². The largest absolute Gasteiger partial charge is 0.369 e. The molecule has 1 aromatic rings. The third-order valence-electron chi connectivity index (χ3n) is 4.21. The minimum Gasteiger partial charge on any atom is -0.369 e. The van der Waals surface area contributed by atoms with Crippen LogP contribution in [0.15, 0.2) is 24.3 Å². The van der Waals surface area contributed by atoms with Crippen molar-refractivity contribution in [3.63, 3.8) is 0 Å². The van der Waals surface area contributed by atoms with Crippen LogP contribution < -0.4 is 11.1 Å². The van der Waals surface area contributed by atoms with Gasteiger partial charge < -0.3 is 16.0 Å². The van der Waals surface area contributed by atoms with E-state index in [1.807, 2.05) is 0 Å². The molecule has 1 heterocycles. The van der Waals surface area contributed by atoms with Crippen molar-refractivity contribution in [1.29, 1.82) is 0 Å². The molecule has 3 amide bonds. The zero-order valence-electron chi connectivity index (χ0n) is 13.6. The van der Waals surface area contributed by atoms with E-state index in [4.69, 9.17) is 17.3 Å². The first-order chi connectivity index (χ1) is 11.4. The smallest absolute Gasteiger partial charge is 0.225 e. The molecule has 0 radical (unpaired) electrons. The fraction of sp³-hybridized carbons (Fsp3) is 0.471. The van der Waals surface area contributed by atoms with Gasteiger partial charge in [-0.25, -0.2) is 0 Å². The molecule has 0 bridgehead atoms. The van der Waals surface area contributed by atoms with E-state index in [0.717, 1.165) is 12.0 Å². The molecule has 24 heavy (non-hydrogen) atoms. The van der Waals surface area contributed by atoms with E-state index in [2.05, 4.69) is 5.32 Å². The van der Waals surface area contributed by atoms with E-state index in [-0.39, 0.29) is 30.1 Å². The van der Waals surface area contributed by atoms with Crippen LogP contribution in [0, 0.1) is 5.92 Å². The van der Waals surface area contributed by atoms with Crippen LogP contribution in [0.2, 0.25) is 5.02 Å². The molecule has 1 aliphatic rings. The highest BCUT2D eigenvalue weighted by Gasteiger charge is 2.28. The van der Waals surface area contributed by atoms with Gasteiger partial charge in [-0.3, -0.25) is 14.4 Å². The normalized spacial score (nSPS) is 18.8. The van der Waals surface area contributed by atoms with Gasteiger partial charge in [0.1, 0.15) is 0 Å². The SMILES string of the molecule is CC(=O)NC(CC(=O)N1CCCC(C(N)=O)C1)c1ccc(Cl)cc1. The van der Waals surface area contributed by atoms with Gasteiger partial charge in [0.2, 0.25) is 17.7 Å². The van der Waals surface area contributed by atoms with Crippen molar-refractivity contribution < 1.29 is 14.4 Å². The zero-order chi connectivity index (χ0) is 17.7. The molecule has 7 heteroatoms. The molecule has 1 aliphatic heterocycles. The van der Waals surface area contributed by atoms with Crippen LogP contribution in [-0.4, -0.2) is 35.7 Å². The van der Waals surface area contributed by atoms with Crippen LogP contribution in [0.4, 0.5) is 0 Å². The molecule has 1 saturated heterocycles. The van der Waals surface area contributed by atoms with Crippen molar-refractivity contribution in [2.45, 2.75) is 32.2 Å². The molecule has 2 rings (SSSR count). The van der Waals surface area contributed by atoms with E-state index >= 15 is 0 Å². The molecule has 1 fully saturated rings. The van der Waals surface area contributed by atoms with Crippen LogP contribution in [-0.2, 0) is 14.4 Å². The van der Waals surface area contributed by atoms with E-state index in [1.165, 1.54) is 6.92 Å². The Hall–Kier alpha value is -2.08. The van der Waals surface area contributed by atoms with Gasteiger partial charge in [0.05, 0.1) is 18.4 Å². The lowest BCUT2D eigenvalue weighted by Gasteiger charge is -2.32. The summed E-state index contributed by atoms with van der Waals surface area (Å²) < 4.78 is 0. The predicted molar refractivity (Wildman–Crippen MR) is 91.1 cm³/mol. The number of benzene rings is 1. The predicted octanol–water partition coefficient (Wildman–Crippen LogP) is 1.63. The number of carbonyl (C=O) groups is 3. The number of amides is 3. The number of rotatable bonds is 5. The second-order valence-electron chi connectivity index (χ2n) is 6.09. The van der Waals surface area contributed by atoms with Gasteiger partial charge in [0, 0.05) is 25.0 Å². The molecule has 6 nitrogen and oxygen atoms in total. The Morgan fingerprint density at radius 2 is 2.00 bits per heavy atom. The van der Waals surface area contributed by atoms with Crippen LogP contribution in [0.3, 0.4) is 0 Å². The number of nitrogens with zero attached hydrogens (tertiary/aromatic N) is 1. The minimum atomic E-state index is -0.429. The van der Waals surface area contributed by atoms with E-state index in [1.54, 1.807) is 29.2 Å². The second-order valence-corrected chi connectivity index (χ2v) is 6.53. The Balaban J connectivity index is 2.08. The quantitative estimate of drug-likeness (QED) is 0.844. The summed E-state index contributed by atoms with van der Waals surface area (Å²) in [6, 6.07) is 6.60. The number of primary amides is 1. The highest BCUT2D eigenvalue weighted by atomic mass is 35.5. The summed E-state index contributed by atoms with van der Waals surface area (Å²) in [6.45, 7) is 2.37. The third-order valence-corrected chi connectivity index (χ3v) is 4.46. The lowest BCUT2D eigenvalue weighted by molar-refractivity contribution is -0.135. The first-order valence-corrected chi connectivity index (χ1v) is 8.34. The lowest BCUT2D eigenvalue weighted by Crippen LogP contribution is -2.45. The summed E-state index contributed by atoms with van der Waals surface area (Å²) in [7, 11) is 0. The number of likely N-dealkylation sites (tertiary alicyclic amines) is 1. The number of carbonyl (C=O) groups excluding carboxylic acids is 3. The molecule has 0 spiro atoms. The number of hydrogen-bond acceptors (Lipinski definition) is 3. The van der Waals surface area contributed by atoms with Gasteiger partial charge in [0.25, 0.3) is 0 Å². The van der Waals surface area contributed by atoms with Gasteiger partial charge in [-0.1, -0.05) is 23.7 Å². The van der Waals surface area contributed by atoms with E-state index in [0.29, 0.717) is 24.5 Å².